The van der Waals surface area contributed by atoms with Crippen molar-refractivity contribution in [3.63, 3.8) is 0 Å². The fraction of sp³-hybridized carbons (Fsp3) is 0.250. The van der Waals surface area contributed by atoms with Crippen LogP contribution >= 0.6 is 0 Å². The number of para-hydroxylation sites is 1. The molecule has 1 aromatic carbocycles. The Morgan fingerprint density at radius 2 is 1.79 bits per heavy atom. The molecule has 0 bridgehead atoms. The Morgan fingerprint density at radius 3 is 2.62 bits per heavy atom. The van der Waals surface area contributed by atoms with Crippen molar-refractivity contribution in [3.05, 3.63) is 61.2 Å². The molecular formula is C20H21N9. The molecule has 0 saturated carbocycles. The molecule has 9 nitrogen and oxygen atoms in total. The standard InChI is InChI=1S/C20H21N9/c21-20-15-3-1-2-4-16(15)25-17(26-20)12-27-7-9-28(10-8-27)18-11-19(24-13-23-18)29-6-5-22-14-29/h1-6,11,13-14H,7-10,12H2,(H2,21,25,26). The molecule has 0 unspecified atom stereocenters. The van der Waals surface area contributed by atoms with E-state index in [4.69, 9.17) is 5.73 Å². The van der Waals surface area contributed by atoms with E-state index in [1.807, 2.05) is 41.1 Å². The highest BCUT2D eigenvalue weighted by Crippen LogP contribution is 2.19. The van der Waals surface area contributed by atoms with Gasteiger partial charge in [0.1, 0.15) is 35.9 Å². The molecule has 9 heteroatoms. The molecule has 29 heavy (non-hydrogen) atoms. The van der Waals surface area contributed by atoms with Gasteiger partial charge in [0.2, 0.25) is 0 Å². The van der Waals surface area contributed by atoms with Crippen LogP contribution in [-0.2, 0) is 6.54 Å². The summed E-state index contributed by atoms with van der Waals surface area (Å²) in [5.74, 6) is 3.04. The maximum atomic E-state index is 6.12. The van der Waals surface area contributed by atoms with Crippen LogP contribution in [0.15, 0.2) is 55.4 Å². The maximum absolute atomic E-state index is 6.12. The van der Waals surface area contributed by atoms with Crippen LogP contribution < -0.4 is 10.6 Å². The van der Waals surface area contributed by atoms with Gasteiger partial charge in [-0.3, -0.25) is 9.47 Å². The summed E-state index contributed by atoms with van der Waals surface area (Å²) < 4.78 is 1.88. The van der Waals surface area contributed by atoms with Gasteiger partial charge in [-0.2, -0.15) is 0 Å². The molecule has 2 N–H and O–H groups in total. The van der Waals surface area contributed by atoms with Gasteiger partial charge in [0.25, 0.3) is 0 Å². The lowest BCUT2D eigenvalue weighted by Crippen LogP contribution is -2.46. The number of hydrogen-bond donors (Lipinski definition) is 1. The molecule has 5 rings (SSSR count). The topological polar surface area (TPSA) is 102 Å². The summed E-state index contributed by atoms with van der Waals surface area (Å²) in [5, 5.41) is 0.901. The third kappa shape index (κ3) is 3.59. The molecule has 1 fully saturated rings. The summed E-state index contributed by atoms with van der Waals surface area (Å²) >= 11 is 0. The van der Waals surface area contributed by atoms with Crippen molar-refractivity contribution in [2.75, 3.05) is 36.8 Å². The fourth-order valence-corrected chi connectivity index (χ4v) is 3.60. The van der Waals surface area contributed by atoms with Crippen molar-refractivity contribution in [1.82, 2.24) is 34.4 Å². The average molecular weight is 387 g/mol. The summed E-state index contributed by atoms with van der Waals surface area (Å²) in [6.07, 6.45) is 6.95. The Hall–Kier alpha value is -3.59. The number of aromatic nitrogens is 6. The molecule has 1 aliphatic heterocycles. The number of rotatable bonds is 4. The molecule has 0 atom stereocenters. The second-order valence-electron chi connectivity index (χ2n) is 7.01. The van der Waals surface area contributed by atoms with E-state index in [1.54, 1.807) is 18.9 Å². The van der Waals surface area contributed by atoms with Crippen LogP contribution in [0.1, 0.15) is 5.82 Å². The van der Waals surface area contributed by atoms with Gasteiger partial charge in [0.05, 0.1) is 12.1 Å². The number of piperazine rings is 1. The minimum Gasteiger partial charge on any atom is -0.383 e. The molecule has 1 saturated heterocycles. The van der Waals surface area contributed by atoms with Gasteiger partial charge in [-0.15, -0.1) is 0 Å². The van der Waals surface area contributed by atoms with Crippen molar-refractivity contribution in [1.29, 1.82) is 0 Å². The first-order valence-electron chi connectivity index (χ1n) is 9.55. The smallest absolute Gasteiger partial charge is 0.145 e. The largest absolute Gasteiger partial charge is 0.383 e. The number of hydrogen-bond acceptors (Lipinski definition) is 8. The number of nitrogens with zero attached hydrogens (tertiary/aromatic N) is 8. The lowest BCUT2D eigenvalue weighted by atomic mass is 10.2. The van der Waals surface area contributed by atoms with Gasteiger partial charge >= 0.3 is 0 Å². The summed E-state index contributed by atoms with van der Waals surface area (Å²) in [7, 11) is 0. The first-order valence-corrected chi connectivity index (χ1v) is 9.55. The van der Waals surface area contributed by atoms with E-state index < -0.39 is 0 Å². The minimum absolute atomic E-state index is 0.539. The van der Waals surface area contributed by atoms with Crippen molar-refractivity contribution in [3.8, 4) is 5.82 Å². The molecule has 0 radical (unpaired) electrons. The molecule has 0 spiro atoms. The zero-order chi connectivity index (χ0) is 19.6. The highest BCUT2D eigenvalue weighted by atomic mass is 15.3. The van der Waals surface area contributed by atoms with E-state index in [0.717, 1.165) is 54.5 Å². The van der Waals surface area contributed by atoms with Gasteiger partial charge in [-0.05, 0) is 12.1 Å². The highest BCUT2D eigenvalue weighted by Gasteiger charge is 2.20. The molecule has 4 heterocycles. The lowest BCUT2D eigenvalue weighted by molar-refractivity contribution is 0.244. The highest BCUT2D eigenvalue weighted by molar-refractivity contribution is 5.87. The predicted octanol–water partition coefficient (Wildman–Crippen LogP) is 1.51. The van der Waals surface area contributed by atoms with E-state index in [-0.39, 0.29) is 0 Å². The number of nitrogen functional groups attached to an aromatic ring is 1. The third-order valence-electron chi connectivity index (χ3n) is 5.15. The predicted molar refractivity (Wildman–Crippen MR) is 111 cm³/mol. The van der Waals surface area contributed by atoms with Crippen molar-refractivity contribution in [2.45, 2.75) is 6.54 Å². The monoisotopic (exact) mass is 387 g/mol. The zero-order valence-electron chi connectivity index (χ0n) is 15.9. The van der Waals surface area contributed by atoms with Gasteiger partial charge in [0, 0.05) is 50.0 Å². The van der Waals surface area contributed by atoms with Gasteiger partial charge in [0.15, 0.2) is 0 Å². The number of nitrogens with two attached hydrogens (primary N) is 1. The van der Waals surface area contributed by atoms with Gasteiger partial charge in [-0.25, -0.2) is 24.9 Å². The van der Waals surface area contributed by atoms with Crippen LogP contribution in [0, 0.1) is 0 Å². The Kier molecular flexibility index (Phi) is 4.49. The van der Waals surface area contributed by atoms with Crippen LogP contribution in [0.25, 0.3) is 16.7 Å². The second-order valence-corrected chi connectivity index (χ2v) is 7.01. The summed E-state index contributed by atoms with van der Waals surface area (Å²) in [5.41, 5.74) is 7.01. The van der Waals surface area contributed by atoms with Gasteiger partial charge < -0.3 is 10.6 Å². The number of anilines is 2. The van der Waals surface area contributed by atoms with E-state index in [0.29, 0.717) is 12.4 Å². The minimum atomic E-state index is 0.539. The first kappa shape index (κ1) is 17.5. The van der Waals surface area contributed by atoms with Crippen molar-refractivity contribution < 1.29 is 0 Å². The Balaban J connectivity index is 1.26. The summed E-state index contributed by atoms with van der Waals surface area (Å²) in [6.45, 7) is 4.25. The lowest BCUT2D eigenvalue weighted by Gasteiger charge is -2.35. The molecule has 4 aromatic rings. The maximum Gasteiger partial charge on any atom is 0.145 e. The van der Waals surface area contributed by atoms with Crippen LogP contribution in [0.3, 0.4) is 0 Å². The average Bonchev–Trinajstić information content (AvgIpc) is 3.30. The summed E-state index contributed by atoms with van der Waals surface area (Å²) in [4.78, 5) is 26.6. The Bertz CT molecular complexity index is 1120. The Labute approximate surface area is 167 Å². The molecule has 0 amide bonds. The van der Waals surface area contributed by atoms with Crippen LogP contribution in [0.2, 0.25) is 0 Å². The quantitative estimate of drug-likeness (QED) is 0.562. The van der Waals surface area contributed by atoms with Crippen molar-refractivity contribution >= 4 is 22.5 Å². The Morgan fingerprint density at radius 1 is 0.966 bits per heavy atom. The fourth-order valence-electron chi connectivity index (χ4n) is 3.60. The van der Waals surface area contributed by atoms with Crippen molar-refractivity contribution in [2.24, 2.45) is 0 Å². The molecule has 146 valence electrons. The number of fused-ring (bicyclic) bond motifs is 1. The normalized spacial score (nSPS) is 15.1. The summed E-state index contributed by atoms with van der Waals surface area (Å²) in [6, 6.07) is 9.84. The second kappa shape index (κ2) is 7.44. The zero-order valence-corrected chi connectivity index (χ0v) is 15.9. The van der Waals surface area contributed by atoms with Crippen LogP contribution in [-0.4, -0.2) is 60.6 Å². The number of imidazole rings is 1. The van der Waals surface area contributed by atoms with E-state index >= 15 is 0 Å². The van der Waals surface area contributed by atoms with E-state index in [9.17, 15) is 0 Å². The van der Waals surface area contributed by atoms with Gasteiger partial charge in [-0.1, -0.05) is 12.1 Å². The molecule has 3 aromatic heterocycles. The van der Waals surface area contributed by atoms with E-state index in [1.165, 1.54) is 0 Å². The molecule has 1 aliphatic rings. The van der Waals surface area contributed by atoms with Crippen LogP contribution in [0.5, 0.6) is 0 Å². The first-order chi connectivity index (χ1) is 14.3. The van der Waals surface area contributed by atoms with E-state index in [2.05, 4.69) is 34.7 Å². The third-order valence-corrected chi connectivity index (χ3v) is 5.15. The molecular weight excluding hydrogens is 366 g/mol. The number of benzene rings is 1. The molecule has 0 aliphatic carbocycles. The van der Waals surface area contributed by atoms with Crippen LogP contribution in [0.4, 0.5) is 11.6 Å². The SMILES string of the molecule is Nc1nc(CN2CCN(c3cc(-n4ccnc4)ncn3)CC2)nc2ccccc12.